The average molecular weight is 470 g/mol. The number of nitrogens with zero attached hydrogens (tertiary/aromatic N) is 4. The lowest BCUT2D eigenvalue weighted by molar-refractivity contribution is -0.143. The Hall–Kier alpha value is -2.70. The number of thiophene rings is 1. The predicted octanol–water partition coefficient (Wildman–Crippen LogP) is 3.10. The Morgan fingerprint density at radius 2 is 1.68 bits per heavy atom. The molecule has 1 aliphatic heterocycles. The first-order valence-corrected chi connectivity index (χ1v) is 11.5. The highest BCUT2D eigenvalue weighted by Gasteiger charge is 2.42. The van der Waals surface area contributed by atoms with Crippen molar-refractivity contribution in [1.29, 1.82) is 0 Å². The molecule has 0 aliphatic carbocycles. The quantitative estimate of drug-likeness (QED) is 0.587. The molecule has 0 spiro atoms. The van der Waals surface area contributed by atoms with Gasteiger partial charge in [-0.1, -0.05) is 24.3 Å². The molecule has 0 saturated carbocycles. The van der Waals surface area contributed by atoms with Crippen LogP contribution in [0.5, 0.6) is 0 Å². The van der Waals surface area contributed by atoms with E-state index in [4.69, 9.17) is 0 Å². The van der Waals surface area contributed by atoms with Gasteiger partial charge in [0, 0.05) is 26.2 Å². The van der Waals surface area contributed by atoms with E-state index in [1.54, 1.807) is 29.6 Å². The monoisotopic (exact) mass is 470 g/mol. The van der Waals surface area contributed by atoms with Crippen molar-refractivity contribution < 1.29 is 26.4 Å². The Bertz CT molecular complexity index is 1170. The fraction of sp³-hybridized carbons (Fsp3) is 0.263. The summed E-state index contributed by atoms with van der Waals surface area (Å²) >= 11 is 1.09. The number of amides is 1. The summed E-state index contributed by atoms with van der Waals surface area (Å²) in [5.74, 6) is -0.831. The zero-order chi connectivity index (χ0) is 22.2. The molecular formula is C19H17F3N4O3S2. The molecule has 1 aromatic carbocycles. The number of rotatable bonds is 4. The van der Waals surface area contributed by atoms with E-state index in [0.29, 0.717) is 4.68 Å². The molecule has 7 nitrogen and oxygen atoms in total. The third-order valence-electron chi connectivity index (χ3n) is 4.88. The molecule has 1 amide bonds. The number of hydrogen-bond acceptors (Lipinski definition) is 5. The highest BCUT2D eigenvalue weighted by atomic mass is 32.2. The van der Waals surface area contributed by atoms with Crippen molar-refractivity contribution in [3.05, 3.63) is 65.3 Å². The second-order valence-electron chi connectivity index (χ2n) is 6.78. The maximum Gasteiger partial charge on any atom is 0.434 e. The fourth-order valence-electron chi connectivity index (χ4n) is 3.38. The van der Waals surface area contributed by atoms with Crippen molar-refractivity contribution in [3.63, 3.8) is 0 Å². The summed E-state index contributed by atoms with van der Waals surface area (Å²) < 4.78 is 68.8. The van der Waals surface area contributed by atoms with Crippen LogP contribution in [0.15, 0.2) is 58.3 Å². The minimum absolute atomic E-state index is 0.000146. The number of para-hydroxylation sites is 1. The summed E-state index contributed by atoms with van der Waals surface area (Å²) in [7, 11) is -3.68. The van der Waals surface area contributed by atoms with E-state index < -0.39 is 33.4 Å². The maximum absolute atomic E-state index is 13.8. The van der Waals surface area contributed by atoms with Gasteiger partial charge in [0.15, 0.2) is 5.69 Å². The average Bonchev–Trinajstić information content (AvgIpc) is 3.44. The number of benzene rings is 1. The Balaban J connectivity index is 1.57. The smallest absolute Gasteiger partial charge is 0.336 e. The van der Waals surface area contributed by atoms with Gasteiger partial charge in [0.1, 0.15) is 4.21 Å². The van der Waals surface area contributed by atoms with E-state index in [2.05, 4.69) is 5.10 Å². The number of alkyl halides is 3. The molecule has 1 aliphatic rings. The third-order valence-corrected chi connectivity index (χ3v) is 8.16. The standard InChI is InChI=1S/C19H17F3N4O3S2/c20-19(21,22)17-15(13-23-26(17)14-5-2-1-3-6-14)18(27)24-8-10-25(11-9-24)31(28,29)16-7-4-12-30-16/h1-7,12-13H,8-11H2. The summed E-state index contributed by atoms with van der Waals surface area (Å²) in [6, 6.07) is 10.9. The van der Waals surface area contributed by atoms with Gasteiger partial charge in [0.2, 0.25) is 0 Å². The molecule has 2 aromatic heterocycles. The van der Waals surface area contributed by atoms with Crippen LogP contribution in [-0.4, -0.2) is 59.5 Å². The lowest BCUT2D eigenvalue weighted by Gasteiger charge is -2.33. The van der Waals surface area contributed by atoms with Crippen LogP contribution in [0.1, 0.15) is 16.1 Å². The summed E-state index contributed by atoms with van der Waals surface area (Å²) in [4.78, 5) is 14.1. The van der Waals surface area contributed by atoms with Gasteiger partial charge in [0.25, 0.3) is 15.9 Å². The SMILES string of the molecule is O=C(c1cnn(-c2ccccc2)c1C(F)(F)F)N1CCN(S(=O)(=O)c2cccs2)CC1. The summed E-state index contributed by atoms with van der Waals surface area (Å²) in [6.45, 7) is -0.0329. The van der Waals surface area contributed by atoms with E-state index in [0.717, 1.165) is 17.5 Å². The van der Waals surface area contributed by atoms with Crippen LogP contribution >= 0.6 is 11.3 Å². The van der Waals surface area contributed by atoms with E-state index in [1.165, 1.54) is 27.4 Å². The van der Waals surface area contributed by atoms with Gasteiger partial charge in [0.05, 0.1) is 17.4 Å². The third kappa shape index (κ3) is 4.10. The van der Waals surface area contributed by atoms with Crippen molar-refractivity contribution in [1.82, 2.24) is 19.0 Å². The predicted molar refractivity (Wildman–Crippen MR) is 108 cm³/mol. The van der Waals surface area contributed by atoms with Gasteiger partial charge in [-0.3, -0.25) is 4.79 Å². The van der Waals surface area contributed by atoms with Crippen LogP contribution < -0.4 is 0 Å². The van der Waals surface area contributed by atoms with Crippen molar-refractivity contribution in [2.75, 3.05) is 26.2 Å². The summed E-state index contributed by atoms with van der Waals surface area (Å²) in [6.07, 6.45) is -3.89. The Labute approximate surface area is 180 Å². The number of aromatic nitrogens is 2. The molecule has 3 aromatic rings. The number of piperazine rings is 1. The first-order chi connectivity index (χ1) is 14.7. The van der Waals surface area contributed by atoms with Gasteiger partial charge in [-0.2, -0.15) is 22.6 Å². The molecule has 12 heteroatoms. The molecule has 164 valence electrons. The van der Waals surface area contributed by atoms with Crippen molar-refractivity contribution >= 4 is 27.3 Å². The molecule has 0 unspecified atom stereocenters. The zero-order valence-electron chi connectivity index (χ0n) is 16.0. The number of carbonyl (C=O) groups excluding carboxylic acids is 1. The van der Waals surface area contributed by atoms with E-state index in [-0.39, 0.29) is 36.1 Å². The number of sulfonamides is 1. The lowest BCUT2D eigenvalue weighted by Crippen LogP contribution is -2.50. The number of carbonyl (C=O) groups is 1. The molecule has 1 saturated heterocycles. The largest absolute Gasteiger partial charge is 0.434 e. The van der Waals surface area contributed by atoms with Gasteiger partial charge < -0.3 is 4.90 Å². The fourth-order valence-corrected chi connectivity index (χ4v) is 5.95. The molecule has 0 N–H and O–H groups in total. The summed E-state index contributed by atoms with van der Waals surface area (Å²) in [5.41, 5.74) is -1.54. The molecule has 0 radical (unpaired) electrons. The first kappa shape index (κ1) is 21.5. The lowest BCUT2D eigenvalue weighted by atomic mass is 10.2. The molecule has 31 heavy (non-hydrogen) atoms. The van der Waals surface area contributed by atoms with Crippen molar-refractivity contribution in [3.8, 4) is 5.69 Å². The van der Waals surface area contributed by atoms with Crippen LogP contribution in [0.3, 0.4) is 0 Å². The van der Waals surface area contributed by atoms with Crippen molar-refractivity contribution in [2.24, 2.45) is 0 Å². The Morgan fingerprint density at radius 3 is 2.26 bits per heavy atom. The van der Waals surface area contributed by atoms with Gasteiger partial charge in [-0.15, -0.1) is 11.3 Å². The second-order valence-corrected chi connectivity index (χ2v) is 9.89. The molecule has 0 bridgehead atoms. The highest BCUT2D eigenvalue weighted by Crippen LogP contribution is 2.34. The minimum atomic E-state index is -4.80. The zero-order valence-corrected chi connectivity index (χ0v) is 17.6. The molecule has 0 atom stereocenters. The van der Waals surface area contributed by atoms with Crippen LogP contribution in [0.25, 0.3) is 5.69 Å². The normalized spacial score (nSPS) is 15.9. The molecule has 4 rings (SSSR count). The molecule has 3 heterocycles. The van der Waals surface area contributed by atoms with E-state index >= 15 is 0 Å². The number of hydrogen-bond donors (Lipinski definition) is 0. The van der Waals surface area contributed by atoms with Gasteiger partial charge in [-0.25, -0.2) is 13.1 Å². The van der Waals surface area contributed by atoms with Gasteiger partial charge >= 0.3 is 6.18 Å². The summed E-state index contributed by atoms with van der Waals surface area (Å²) in [5, 5.41) is 5.45. The Kier molecular flexibility index (Phi) is 5.62. The van der Waals surface area contributed by atoms with Crippen molar-refractivity contribution in [2.45, 2.75) is 10.4 Å². The Morgan fingerprint density at radius 1 is 1.00 bits per heavy atom. The second kappa shape index (κ2) is 8.09. The van der Waals surface area contributed by atoms with E-state index in [9.17, 15) is 26.4 Å². The minimum Gasteiger partial charge on any atom is -0.336 e. The van der Waals surface area contributed by atoms with Crippen LogP contribution in [-0.2, 0) is 16.2 Å². The van der Waals surface area contributed by atoms with Crippen LogP contribution in [0.2, 0.25) is 0 Å². The van der Waals surface area contributed by atoms with Gasteiger partial charge in [-0.05, 0) is 23.6 Å². The topological polar surface area (TPSA) is 75.5 Å². The first-order valence-electron chi connectivity index (χ1n) is 9.23. The maximum atomic E-state index is 13.8. The number of halogens is 3. The highest BCUT2D eigenvalue weighted by molar-refractivity contribution is 7.91. The molecule has 1 fully saturated rings. The van der Waals surface area contributed by atoms with Crippen LogP contribution in [0, 0.1) is 0 Å². The van der Waals surface area contributed by atoms with E-state index in [1.807, 2.05) is 0 Å². The van der Waals surface area contributed by atoms with Crippen LogP contribution in [0.4, 0.5) is 13.2 Å². The molecular weight excluding hydrogens is 453 g/mol.